The van der Waals surface area contributed by atoms with Gasteiger partial charge in [-0.3, -0.25) is 14.5 Å². The van der Waals surface area contributed by atoms with Crippen molar-refractivity contribution in [3.63, 3.8) is 0 Å². The van der Waals surface area contributed by atoms with Gasteiger partial charge in [0.05, 0.1) is 22.9 Å². The highest BCUT2D eigenvalue weighted by Crippen LogP contribution is 2.53. The van der Waals surface area contributed by atoms with E-state index in [-0.39, 0.29) is 35.5 Å². The Kier molecular flexibility index (Phi) is 4.05. The number of imide groups is 1. The monoisotopic (exact) mass is 383 g/mol. The number of rotatable bonds is 3. The van der Waals surface area contributed by atoms with Gasteiger partial charge in [0.2, 0.25) is 11.8 Å². The molecule has 1 aromatic heterocycles. The van der Waals surface area contributed by atoms with Gasteiger partial charge >= 0.3 is 0 Å². The standard InChI is InChI=1S/C24H21N3O2/c1-3-5-17-13-25-22(26-19(17)4-2)14-8-10-18(11-9-14)27-23(28)20-15-6-7-16(12-15)21(20)24(27)29/h3-11,13,15-16,20-21H,1,12H2,2H3/b17-5-,19-4+. The summed E-state index contributed by atoms with van der Waals surface area (Å²) in [6.45, 7) is 5.65. The molecule has 0 N–H and O–H groups in total. The smallest absolute Gasteiger partial charge is 0.238 e. The van der Waals surface area contributed by atoms with Crippen molar-refractivity contribution in [2.24, 2.45) is 23.7 Å². The molecule has 2 aromatic rings. The first-order valence-corrected chi connectivity index (χ1v) is 9.91. The Morgan fingerprint density at radius 1 is 1.07 bits per heavy atom. The summed E-state index contributed by atoms with van der Waals surface area (Å²) in [5.74, 6) is 0.543. The molecule has 29 heavy (non-hydrogen) atoms. The molecule has 2 aliphatic carbocycles. The van der Waals surface area contributed by atoms with E-state index in [2.05, 4.69) is 28.7 Å². The van der Waals surface area contributed by atoms with E-state index in [0.29, 0.717) is 11.5 Å². The van der Waals surface area contributed by atoms with Crippen LogP contribution in [0.2, 0.25) is 0 Å². The van der Waals surface area contributed by atoms with E-state index >= 15 is 0 Å². The molecule has 2 amide bonds. The van der Waals surface area contributed by atoms with Gasteiger partial charge in [-0.05, 0) is 49.4 Å². The highest BCUT2D eigenvalue weighted by atomic mass is 16.2. The van der Waals surface area contributed by atoms with Crippen LogP contribution in [-0.2, 0) is 9.59 Å². The van der Waals surface area contributed by atoms with Gasteiger partial charge in [0.15, 0.2) is 5.82 Å². The quantitative estimate of drug-likeness (QED) is 0.602. The fourth-order valence-electron chi connectivity index (χ4n) is 4.95. The number of hydrogen-bond acceptors (Lipinski definition) is 4. The summed E-state index contributed by atoms with van der Waals surface area (Å²) in [4.78, 5) is 36.3. The van der Waals surface area contributed by atoms with Crippen LogP contribution in [0.3, 0.4) is 0 Å². The first kappa shape index (κ1) is 17.7. The van der Waals surface area contributed by atoms with Crippen LogP contribution in [0.1, 0.15) is 13.3 Å². The number of hydrogen-bond donors (Lipinski definition) is 0. The van der Waals surface area contributed by atoms with Crippen molar-refractivity contribution in [3.05, 3.63) is 65.8 Å². The Balaban J connectivity index is 1.46. The molecule has 1 saturated carbocycles. The molecule has 3 aliphatic rings. The molecule has 2 heterocycles. The van der Waals surface area contributed by atoms with Crippen molar-refractivity contribution >= 4 is 29.7 Å². The van der Waals surface area contributed by atoms with E-state index < -0.39 is 0 Å². The van der Waals surface area contributed by atoms with E-state index in [0.717, 1.165) is 22.6 Å². The predicted molar refractivity (Wildman–Crippen MR) is 112 cm³/mol. The van der Waals surface area contributed by atoms with Gasteiger partial charge in [0.25, 0.3) is 0 Å². The molecule has 0 spiro atoms. The van der Waals surface area contributed by atoms with Gasteiger partial charge in [-0.25, -0.2) is 9.97 Å². The normalized spacial score (nSPS) is 28.5. The van der Waals surface area contributed by atoms with E-state index in [9.17, 15) is 9.59 Å². The maximum atomic E-state index is 13.0. The molecule has 5 rings (SSSR count). The van der Waals surface area contributed by atoms with Crippen LogP contribution in [0.4, 0.5) is 5.69 Å². The van der Waals surface area contributed by atoms with Crippen molar-refractivity contribution in [1.29, 1.82) is 0 Å². The van der Waals surface area contributed by atoms with Gasteiger partial charge in [0, 0.05) is 17.0 Å². The number of nitrogens with zero attached hydrogens (tertiary/aromatic N) is 3. The molecule has 5 heteroatoms. The lowest BCUT2D eigenvalue weighted by atomic mass is 9.85. The minimum atomic E-state index is -0.184. The summed E-state index contributed by atoms with van der Waals surface area (Å²) in [5.41, 5.74) is 1.46. The fraction of sp³-hybridized carbons (Fsp3) is 0.250. The maximum Gasteiger partial charge on any atom is 0.238 e. The lowest BCUT2D eigenvalue weighted by molar-refractivity contribution is -0.123. The molecule has 2 bridgehead atoms. The lowest BCUT2D eigenvalue weighted by Crippen LogP contribution is -2.32. The Bertz CT molecular complexity index is 1150. The zero-order valence-corrected chi connectivity index (χ0v) is 16.2. The number of carbonyl (C=O) groups is 2. The highest BCUT2D eigenvalue weighted by molar-refractivity contribution is 6.22. The van der Waals surface area contributed by atoms with E-state index in [1.807, 2.05) is 43.3 Å². The third-order valence-electron chi connectivity index (χ3n) is 6.27. The molecule has 5 nitrogen and oxygen atoms in total. The lowest BCUT2D eigenvalue weighted by Gasteiger charge is -2.17. The number of aromatic nitrogens is 2. The zero-order chi connectivity index (χ0) is 20.1. The number of carbonyl (C=O) groups excluding carboxylic acids is 2. The summed E-state index contributed by atoms with van der Waals surface area (Å²) in [6, 6.07) is 7.35. The summed E-state index contributed by atoms with van der Waals surface area (Å²) in [5, 5.41) is 1.74. The Labute approximate surface area is 168 Å². The Hall–Kier alpha value is -3.34. The molecule has 0 radical (unpaired) electrons. The van der Waals surface area contributed by atoms with Crippen molar-refractivity contribution in [2.45, 2.75) is 13.3 Å². The minimum absolute atomic E-state index is 0.0620. The Morgan fingerprint density at radius 3 is 2.31 bits per heavy atom. The van der Waals surface area contributed by atoms with Gasteiger partial charge < -0.3 is 0 Å². The van der Waals surface area contributed by atoms with Crippen molar-refractivity contribution < 1.29 is 9.59 Å². The largest absolute Gasteiger partial charge is 0.274 e. The predicted octanol–water partition coefficient (Wildman–Crippen LogP) is 2.22. The number of anilines is 1. The summed E-state index contributed by atoms with van der Waals surface area (Å²) in [7, 11) is 0. The van der Waals surface area contributed by atoms with Crippen LogP contribution in [0.5, 0.6) is 0 Å². The van der Waals surface area contributed by atoms with Gasteiger partial charge in [0.1, 0.15) is 0 Å². The first-order valence-electron chi connectivity index (χ1n) is 9.91. The molecule has 1 aromatic carbocycles. The third-order valence-corrected chi connectivity index (χ3v) is 6.27. The van der Waals surface area contributed by atoms with Crippen molar-refractivity contribution in [1.82, 2.24) is 9.97 Å². The summed E-state index contributed by atoms with van der Waals surface area (Å²) in [6.07, 6.45) is 12.4. The second-order valence-corrected chi connectivity index (χ2v) is 7.78. The van der Waals surface area contributed by atoms with Crippen LogP contribution in [-0.4, -0.2) is 21.8 Å². The van der Waals surface area contributed by atoms with Crippen LogP contribution in [0, 0.1) is 23.7 Å². The SMILES string of the molecule is C=C/C=c1/cnc(-c2ccc(N3C(=O)C4C5C=CC(C5)C4C3=O)cc2)n/c1=C/C. The van der Waals surface area contributed by atoms with Gasteiger partial charge in [-0.1, -0.05) is 37.0 Å². The molecule has 1 saturated heterocycles. The van der Waals surface area contributed by atoms with Crippen molar-refractivity contribution in [2.75, 3.05) is 4.90 Å². The number of amides is 2. The molecule has 4 atom stereocenters. The number of allylic oxidation sites excluding steroid dienone is 3. The molecular weight excluding hydrogens is 362 g/mol. The van der Waals surface area contributed by atoms with Crippen LogP contribution in [0.25, 0.3) is 23.5 Å². The Morgan fingerprint density at radius 2 is 1.72 bits per heavy atom. The topological polar surface area (TPSA) is 63.2 Å². The zero-order valence-electron chi connectivity index (χ0n) is 16.2. The summed E-state index contributed by atoms with van der Waals surface area (Å²) >= 11 is 0. The second-order valence-electron chi connectivity index (χ2n) is 7.78. The second kappa shape index (κ2) is 6.62. The van der Waals surface area contributed by atoms with Crippen molar-refractivity contribution in [3.8, 4) is 11.4 Å². The maximum absolute atomic E-state index is 13.0. The molecule has 2 fully saturated rings. The minimum Gasteiger partial charge on any atom is -0.274 e. The number of benzene rings is 1. The molecule has 144 valence electrons. The molecule has 1 aliphatic heterocycles. The third kappa shape index (κ3) is 2.61. The molecule has 4 unspecified atom stereocenters. The fourth-order valence-corrected chi connectivity index (χ4v) is 4.95. The summed E-state index contributed by atoms with van der Waals surface area (Å²) < 4.78 is 0. The van der Waals surface area contributed by atoms with Gasteiger partial charge in [-0.2, -0.15) is 0 Å². The van der Waals surface area contributed by atoms with E-state index in [4.69, 9.17) is 0 Å². The van der Waals surface area contributed by atoms with Gasteiger partial charge in [-0.15, -0.1) is 0 Å². The average molecular weight is 383 g/mol. The number of fused-ring (bicyclic) bond motifs is 5. The van der Waals surface area contributed by atoms with Crippen LogP contribution < -0.4 is 15.5 Å². The highest BCUT2D eigenvalue weighted by Gasteiger charge is 2.59. The van der Waals surface area contributed by atoms with Crippen LogP contribution >= 0.6 is 0 Å². The van der Waals surface area contributed by atoms with Crippen LogP contribution in [0.15, 0.2) is 55.3 Å². The molecular formula is C24H21N3O2. The van der Waals surface area contributed by atoms with E-state index in [1.54, 1.807) is 12.3 Å². The first-order chi connectivity index (χ1) is 14.1. The van der Waals surface area contributed by atoms with E-state index in [1.165, 1.54) is 4.90 Å². The average Bonchev–Trinajstić information content (AvgIpc) is 3.42.